The van der Waals surface area contributed by atoms with E-state index in [1.807, 2.05) is 0 Å². The molecule has 0 radical (unpaired) electrons. The predicted octanol–water partition coefficient (Wildman–Crippen LogP) is 1.20. The van der Waals surface area contributed by atoms with Crippen LogP contribution in [0.15, 0.2) is 23.1 Å². The number of hydrogen-bond donors (Lipinski definition) is 1. The molecule has 0 spiro atoms. The van der Waals surface area contributed by atoms with Gasteiger partial charge in [-0.2, -0.15) is 0 Å². The monoisotopic (exact) mass is 250 g/mol. The smallest absolute Gasteiger partial charge is 0.337 e. The molecule has 0 amide bonds. The van der Waals surface area contributed by atoms with E-state index in [1.165, 1.54) is 18.3 Å². The van der Waals surface area contributed by atoms with Gasteiger partial charge in [-0.3, -0.25) is 4.79 Å². The molecule has 2 heterocycles. The molecule has 1 aromatic rings. The summed E-state index contributed by atoms with van der Waals surface area (Å²) >= 11 is 0. The van der Waals surface area contributed by atoms with Crippen LogP contribution in [0.25, 0.3) is 0 Å². The van der Waals surface area contributed by atoms with E-state index in [0.29, 0.717) is 0 Å². The maximum atomic E-state index is 11.8. The highest BCUT2D eigenvalue weighted by molar-refractivity contribution is 5.87. The van der Waals surface area contributed by atoms with Crippen LogP contribution in [0, 0.1) is 0 Å². The minimum atomic E-state index is -0.994. The third-order valence-corrected chi connectivity index (χ3v) is 3.51. The highest BCUT2D eigenvalue weighted by Crippen LogP contribution is 2.20. The van der Waals surface area contributed by atoms with Crippen molar-refractivity contribution in [2.75, 3.05) is 19.6 Å². The van der Waals surface area contributed by atoms with Gasteiger partial charge in [-0.1, -0.05) is 6.92 Å². The summed E-state index contributed by atoms with van der Waals surface area (Å²) in [5.41, 5.74) is 0.0474. The number of rotatable bonds is 3. The van der Waals surface area contributed by atoms with Gasteiger partial charge in [0.05, 0.1) is 5.56 Å². The lowest BCUT2D eigenvalue weighted by Crippen LogP contribution is -2.39. The number of likely N-dealkylation sites (N-methyl/N-ethyl adjacent to an activating group) is 1. The molecule has 18 heavy (non-hydrogen) atoms. The van der Waals surface area contributed by atoms with Crippen LogP contribution in [0.1, 0.15) is 36.2 Å². The van der Waals surface area contributed by atoms with Gasteiger partial charge >= 0.3 is 5.97 Å². The van der Waals surface area contributed by atoms with Crippen LogP contribution in [-0.4, -0.2) is 40.2 Å². The second-order valence-electron chi connectivity index (χ2n) is 4.66. The molecule has 2 rings (SSSR count). The highest BCUT2D eigenvalue weighted by atomic mass is 16.4. The van der Waals surface area contributed by atoms with Crippen molar-refractivity contribution in [3.8, 4) is 0 Å². The van der Waals surface area contributed by atoms with E-state index in [4.69, 9.17) is 5.11 Å². The summed E-state index contributed by atoms with van der Waals surface area (Å²) in [7, 11) is 0. The number of carbonyl (C=O) groups is 1. The predicted molar refractivity (Wildman–Crippen MR) is 68.0 cm³/mol. The van der Waals surface area contributed by atoms with E-state index in [1.54, 1.807) is 4.57 Å². The average molecular weight is 250 g/mol. The summed E-state index contributed by atoms with van der Waals surface area (Å²) in [6.45, 7) is 4.93. The molecule has 0 aromatic carbocycles. The Morgan fingerprint density at radius 2 is 2.28 bits per heavy atom. The van der Waals surface area contributed by atoms with Gasteiger partial charge in [0, 0.05) is 24.8 Å². The molecule has 1 aliphatic heterocycles. The fraction of sp³-hybridized carbons (Fsp3) is 0.538. The van der Waals surface area contributed by atoms with E-state index in [-0.39, 0.29) is 17.2 Å². The number of nitrogens with zero attached hydrogens (tertiary/aromatic N) is 2. The Labute approximate surface area is 106 Å². The van der Waals surface area contributed by atoms with E-state index < -0.39 is 5.97 Å². The zero-order chi connectivity index (χ0) is 13.1. The van der Waals surface area contributed by atoms with Gasteiger partial charge in [0.2, 0.25) is 0 Å². The van der Waals surface area contributed by atoms with Crippen LogP contribution in [0.2, 0.25) is 0 Å². The molecule has 1 saturated heterocycles. The zero-order valence-corrected chi connectivity index (χ0v) is 10.5. The van der Waals surface area contributed by atoms with Crippen LogP contribution in [0.4, 0.5) is 0 Å². The Bertz CT molecular complexity index is 495. The molecule has 1 unspecified atom stereocenters. The van der Waals surface area contributed by atoms with Crippen LogP contribution >= 0.6 is 0 Å². The van der Waals surface area contributed by atoms with Crippen molar-refractivity contribution < 1.29 is 9.90 Å². The zero-order valence-electron chi connectivity index (χ0n) is 10.5. The van der Waals surface area contributed by atoms with Crippen molar-refractivity contribution in [2.45, 2.75) is 25.8 Å². The Morgan fingerprint density at radius 1 is 1.50 bits per heavy atom. The van der Waals surface area contributed by atoms with E-state index >= 15 is 0 Å². The van der Waals surface area contributed by atoms with Crippen LogP contribution in [0.5, 0.6) is 0 Å². The Morgan fingerprint density at radius 3 is 2.94 bits per heavy atom. The Hall–Kier alpha value is -1.62. The number of carboxylic acid groups (broad SMARTS) is 1. The van der Waals surface area contributed by atoms with Gasteiger partial charge in [0.25, 0.3) is 5.56 Å². The van der Waals surface area contributed by atoms with E-state index in [2.05, 4.69) is 11.8 Å². The summed E-state index contributed by atoms with van der Waals surface area (Å²) in [6.07, 6.45) is 3.44. The van der Waals surface area contributed by atoms with Crippen molar-refractivity contribution in [1.29, 1.82) is 0 Å². The van der Waals surface area contributed by atoms with E-state index in [0.717, 1.165) is 32.5 Å². The highest BCUT2D eigenvalue weighted by Gasteiger charge is 2.21. The first-order valence-corrected chi connectivity index (χ1v) is 6.29. The quantitative estimate of drug-likeness (QED) is 0.875. The minimum absolute atomic E-state index is 0.0884. The van der Waals surface area contributed by atoms with Gasteiger partial charge in [0.15, 0.2) is 0 Å². The normalized spacial score (nSPS) is 20.8. The number of likely N-dealkylation sites (tertiary alicyclic amines) is 1. The summed E-state index contributed by atoms with van der Waals surface area (Å²) in [4.78, 5) is 25.1. The topological polar surface area (TPSA) is 62.5 Å². The fourth-order valence-electron chi connectivity index (χ4n) is 2.46. The van der Waals surface area contributed by atoms with Gasteiger partial charge in [-0.25, -0.2) is 4.79 Å². The molecule has 5 nitrogen and oxygen atoms in total. The molecule has 0 bridgehead atoms. The number of pyridine rings is 1. The van der Waals surface area contributed by atoms with E-state index in [9.17, 15) is 9.59 Å². The van der Waals surface area contributed by atoms with Gasteiger partial charge in [-0.15, -0.1) is 0 Å². The van der Waals surface area contributed by atoms with Crippen molar-refractivity contribution in [3.63, 3.8) is 0 Å². The molecular weight excluding hydrogens is 232 g/mol. The van der Waals surface area contributed by atoms with Crippen molar-refractivity contribution in [1.82, 2.24) is 9.47 Å². The first-order valence-electron chi connectivity index (χ1n) is 6.29. The lowest BCUT2D eigenvalue weighted by Gasteiger charge is -2.32. The molecule has 1 atom stereocenters. The Balaban J connectivity index is 2.29. The molecule has 5 heteroatoms. The first kappa shape index (κ1) is 12.8. The average Bonchev–Trinajstić information content (AvgIpc) is 2.39. The minimum Gasteiger partial charge on any atom is -0.478 e. The van der Waals surface area contributed by atoms with Crippen molar-refractivity contribution in [3.05, 3.63) is 34.2 Å². The fourth-order valence-corrected chi connectivity index (χ4v) is 2.46. The SMILES string of the molecule is CCN1CCCC(n2cc(C(=O)O)ccc2=O)C1. The molecule has 1 aromatic heterocycles. The number of piperidine rings is 1. The second-order valence-corrected chi connectivity index (χ2v) is 4.66. The largest absolute Gasteiger partial charge is 0.478 e. The van der Waals surface area contributed by atoms with Crippen LogP contribution in [0.3, 0.4) is 0 Å². The second kappa shape index (κ2) is 5.35. The van der Waals surface area contributed by atoms with Gasteiger partial charge in [-0.05, 0) is 32.0 Å². The summed E-state index contributed by atoms with van der Waals surface area (Å²) in [5.74, 6) is -0.994. The van der Waals surface area contributed by atoms with Gasteiger partial charge < -0.3 is 14.6 Å². The lowest BCUT2D eigenvalue weighted by molar-refractivity contribution is 0.0695. The number of carboxylic acids is 1. The van der Waals surface area contributed by atoms with Crippen LogP contribution in [-0.2, 0) is 0 Å². The summed E-state index contributed by atoms with van der Waals surface area (Å²) in [6, 6.07) is 2.79. The third kappa shape index (κ3) is 2.61. The van der Waals surface area contributed by atoms with Gasteiger partial charge in [0.1, 0.15) is 0 Å². The number of hydrogen-bond acceptors (Lipinski definition) is 3. The van der Waals surface area contributed by atoms with Crippen molar-refractivity contribution >= 4 is 5.97 Å². The first-order chi connectivity index (χ1) is 8.61. The molecule has 1 aliphatic rings. The third-order valence-electron chi connectivity index (χ3n) is 3.51. The summed E-state index contributed by atoms with van der Waals surface area (Å²) in [5, 5.41) is 8.97. The standard InChI is InChI=1S/C13H18N2O3/c1-2-14-7-3-4-11(9-14)15-8-10(13(17)18)5-6-12(15)16/h5-6,8,11H,2-4,7,9H2,1H3,(H,17,18). The van der Waals surface area contributed by atoms with Crippen molar-refractivity contribution in [2.24, 2.45) is 0 Å². The molecule has 98 valence electrons. The van der Waals surface area contributed by atoms with Crippen LogP contribution < -0.4 is 5.56 Å². The molecular formula is C13H18N2O3. The molecule has 0 aliphatic carbocycles. The molecule has 1 N–H and O–H groups in total. The maximum Gasteiger partial charge on any atom is 0.337 e. The molecule has 0 saturated carbocycles. The number of aromatic carboxylic acids is 1. The number of aromatic nitrogens is 1. The molecule has 1 fully saturated rings. The Kier molecular flexibility index (Phi) is 3.81. The summed E-state index contributed by atoms with van der Waals surface area (Å²) < 4.78 is 1.57. The lowest BCUT2D eigenvalue weighted by atomic mass is 10.1. The maximum absolute atomic E-state index is 11.8.